The van der Waals surface area contributed by atoms with Gasteiger partial charge in [0.2, 0.25) is 11.8 Å². The number of hydrogen-bond acceptors (Lipinski definition) is 4. The fourth-order valence-corrected chi connectivity index (χ4v) is 2.93. The molecule has 3 rings (SSSR count). The molecule has 138 valence electrons. The number of amides is 2. The van der Waals surface area contributed by atoms with Gasteiger partial charge >= 0.3 is 0 Å². The van der Waals surface area contributed by atoms with Crippen molar-refractivity contribution in [3.63, 3.8) is 0 Å². The lowest BCUT2D eigenvalue weighted by atomic mass is 10.1. The van der Waals surface area contributed by atoms with Gasteiger partial charge in [-0.15, -0.1) is 0 Å². The van der Waals surface area contributed by atoms with E-state index < -0.39 is 0 Å². The summed E-state index contributed by atoms with van der Waals surface area (Å²) in [5.74, 6) is -0.0542. The fraction of sp³-hybridized carbons (Fsp3) is 0.286. The number of nitriles is 1. The van der Waals surface area contributed by atoms with Crippen molar-refractivity contribution >= 4 is 17.5 Å². The second-order valence-electron chi connectivity index (χ2n) is 6.52. The van der Waals surface area contributed by atoms with Gasteiger partial charge < -0.3 is 15.4 Å². The first-order valence-electron chi connectivity index (χ1n) is 8.82. The summed E-state index contributed by atoms with van der Waals surface area (Å²) in [7, 11) is 1.62. The van der Waals surface area contributed by atoms with Crippen LogP contribution in [0.2, 0.25) is 0 Å². The van der Waals surface area contributed by atoms with Crippen molar-refractivity contribution in [1.82, 2.24) is 5.32 Å². The van der Waals surface area contributed by atoms with Gasteiger partial charge in [-0.3, -0.25) is 9.59 Å². The highest BCUT2D eigenvalue weighted by Crippen LogP contribution is 2.39. The third-order valence-corrected chi connectivity index (χ3v) is 4.60. The van der Waals surface area contributed by atoms with Crippen LogP contribution in [0.1, 0.15) is 17.5 Å². The van der Waals surface area contributed by atoms with Crippen molar-refractivity contribution in [3.05, 3.63) is 59.7 Å². The Hall–Kier alpha value is -3.33. The smallest absolute Gasteiger partial charge is 0.228 e. The molecule has 0 spiro atoms. The second kappa shape index (κ2) is 8.37. The van der Waals surface area contributed by atoms with E-state index in [0.29, 0.717) is 24.2 Å². The molecule has 2 unspecified atom stereocenters. The average Bonchev–Trinajstić information content (AvgIpc) is 3.50. The van der Waals surface area contributed by atoms with Crippen LogP contribution in [0.15, 0.2) is 48.5 Å². The molecular weight excluding hydrogens is 342 g/mol. The molecule has 0 bridgehead atoms. The summed E-state index contributed by atoms with van der Waals surface area (Å²) in [4.78, 5) is 24.5. The van der Waals surface area contributed by atoms with E-state index >= 15 is 0 Å². The molecule has 2 atom stereocenters. The van der Waals surface area contributed by atoms with E-state index in [1.807, 2.05) is 30.3 Å². The minimum Gasteiger partial charge on any atom is -0.497 e. The van der Waals surface area contributed by atoms with Crippen LogP contribution >= 0.6 is 0 Å². The van der Waals surface area contributed by atoms with Gasteiger partial charge in [0.05, 0.1) is 30.6 Å². The molecule has 27 heavy (non-hydrogen) atoms. The third kappa shape index (κ3) is 4.85. The maximum atomic E-state index is 12.3. The van der Waals surface area contributed by atoms with Crippen molar-refractivity contribution in [2.24, 2.45) is 11.8 Å². The Balaban J connectivity index is 1.42. The molecule has 1 fully saturated rings. The number of rotatable bonds is 7. The molecule has 2 aromatic carbocycles. The zero-order valence-electron chi connectivity index (χ0n) is 15.1. The van der Waals surface area contributed by atoms with Gasteiger partial charge in [0, 0.05) is 12.2 Å². The van der Waals surface area contributed by atoms with Crippen LogP contribution in [0.3, 0.4) is 0 Å². The number of hydrogen-bond donors (Lipinski definition) is 2. The van der Waals surface area contributed by atoms with Gasteiger partial charge in [-0.2, -0.15) is 5.26 Å². The second-order valence-corrected chi connectivity index (χ2v) is 6.52. The summed E-state index contributed by atoms with van der Waals surface area (Å²) < 4.78 is 5.12. The van der Waals surface area contributed by atoms with Crippen molar-refractivity contribution in [3.8, 4) is 11.8 Å². The first-order chi connectivity index (χ1) is 13.1. The number of anilines is 1. The molecule has 0 aliphatic heterocycles. The molecule has 0 radical (unpaired) electrons. The quantitative estimate of drug-likeness (QED) is 0.791. The van der Waals surface area contributed by atoms with Gasteiger partial charge in [0.15, 0.2) is 0 Å². The van der Waals surface area contributed by atoms with Gasteiger partial charge in [0.25, 0.3) is 0 Å². The molecule has 1 saturated carbocycles. The molecule has 2 aromatic rings. The summed E-state index contributed by atoms with van der Waals surface area (Å²) in [6, 6.07) is 16.5. The Morgan fingerprint density at radius 3 is 2.59 bits per heavy atom. The predicted octanol–water partition coefficient (Wildman–Crippen LogP) is 2.50. The number of nitrogens with one attached hydrogen (secondary N) is 2. The van der Waals surface area contributed by atoms with Crippen LogP contribution in [-0.4, -0.2) is 25.5 Å². The molecule has 0 saturated heterocycles. The van der Waals surface area contributed by atoms with Gasteiger partial charge in [-0.1, -0.05) is 18.2 Å². The molecule has 1 aliphatic rings. The largest absolute Gasteiger partial charge is 0.497 e. The number of ether oxygens (including phenoxy) is 1. The number of nitrogens with zero attached hydrogens (tertiary/aromatic N) is 1. The molecule has 2 N–H and O–H groups in total. The molecule has 1 aliphatic carbocycles. The molecule has 2 amide bonds. The lowest BCUT2D eigenvalue weighted by molar-refractivity contribution is -0.125. The Bertz CT molecular complexity index is 871. The molecular formula is C21H21N3O3. The first kappa shape index (κ1) is 18.5. The summed E-state index contributed by atoms with van der Waals surface area (Å²) in [5, 5.41) is 14.6. The van der Waals surface area contributed by atoms with E-state index in [0.717, 1.165) is 17.7 Å². The number of benzene rings is 2. The molecule has 6 nitrogen and oxygen atoms in total. The highest BCUT2D eigenvalue weighted by atomic mass is 16.5. The minimum atomic E-state index is -0.309. The number of carbonyl (C=O) groups is 2. The number of methoxy groups -OCH3 is 1. The van der Waals surface area contributed by atoms with E-state index in [-0.39, 0.29) is 23.7 Å². The molecule has 6 heteroatoms. The third-order valence-electron chi connectivity index (χ3n) is 4.60. The molecule has 0 heterocycles. The van der Waals surface area contributed by atoms with Crippen molar-refractivity contribution < 1.29 is 14.3 Å². The first-order valence-corrected chi connectivity index (χ1v) is 8.82. The SMILES string of the molecule is COc1ccc(CCNC(=O)C2CC2C(=O)Nc2cccc(C#N)c2)cc1. The normalized spacial score (nSPS) is 17.5. The maximum absolute atomic E-state index is 12.3. The Morgan fingerprint density at radius 1 is 1.15 bits per heavy atom. The standard InChI is InChI=1S/C21H21N3O3/c1-27-17-7-5-14(6-8-17)9-10-23-20(25)18-12-19(18)21(26)24-16-4-2-3-15(11-16)13-22/h2-8,11,18-19H,9-10,12H2,1H3,(H,23,25)(H,24,26). The summed E-state index contributed by atoms with van der Waals surface area (Å²) in [6.07, 6.45) is 1.28. The zero-order valence-corrected chi connectivity index (χ0v) is 15.1. The summed E-state index contributed by atoms with van der Waals surface area (Å²) in [6.45, 7) is 0.528. The van der Waals surface area contributed by atoms with E-state index in [1.54, 1.807) is 31.4 Å². The zero-order chi connectivity index (χ0) is 19.2. The Kier molecular flexibility index (Phi) is 5.72. The summed E-state index contributed by atoms with van der Waals surface area (Å²) >= 11 is 0. The van der Waals surface area contributed by atoms with Gasteiger partial charge in [-0.25, -0.2) is 0 Å². The van der Waals surface area contributed by atoms with E-state index in [1.165, 1.54) is 0 Å². The summed E-state index contributed by atoms with van der Waals surface area (Å²) in [5.41, 5.74) is 2.17. The monoisotopic (exact) mass is 363 g/mol. The molecule has 0 aromatic heterocycles. The minimum absolute atomic E-state index is 0.0885. The predicted molar refractivity (Wildman–Crippen MR) is 101 cm³/mol. The van der Waals surface area contributed by atoms with Crippen LogP contribution in [-0.2, 0) is 16.0 Å². The van der Waals surface area contributed by atoms with Crippen LogP contribution in [0.5, 0.6) is 5.75 Å². The average molecular weight is 363 g/mol. The van der Waals surface area contributed by atoms with Gasteiger partial charge in [0.1, 0.15) is 5.75 Å². The highest BCUT2D eigenvalue weighted by molar-refractivity contribution is 5.99. The van der Waals surface area contributed by atoms with Gasteiger partial charge in [-0.05, 0) is 48.7 Å². The number of carbonyl (C=O) groups excluding carboxylic acids is 2. The highest BCUT2D eigenvalue weighted by Gasteiger charge is 2.47. The van der Waals surface area contributed by atoms with E-state index in [9.17, 15) is 9.59 Å². The Morgan fingerprint density at radius 2 is 1.89 bits per heavy atom. The lowest BCUT2D eigenvalue weighted by Crippen LogP contribution is -2.29. The maximum Gasteiger partial charge on any atom is 0.228 e. The van der Waals surface area contributed by atoms with Crippen molar-refractivity contribution in [1.29, 1.82) is 5.26 Å². The van der Waals surface area contributed by atoms with Crippen LogP contribution in [0.25, 0.3) is 0 Å². The van der Waals surface area contributed by atoms with E-state index in [2.05, 4.69) is 10.6 Å². The van der Waals surface area contributed by atoms with Crippen molar-refractivity contribution in [2.75, 3.05) is 19.0 Å². The topological polar surface area (TPSA) is 91.2 Å². The van der Waals surface area contributed by atoms with Crippen molar-refractivity contribution in [2.45, 2.75) is 12.8 Å². The Labute approximate surface area is 158 Å². The van der Waals surface area contributed by atoms with Crippen LogP contribution < -0.4 is 15.4 Å². The fourth-order valence-electron chi connectivity index (χ4n) is 2.93. The van der Waals surface area contributed by atoms with Crippen LogP contribution in [0, 0.1) is 23.2 Å². The van der Waals surface area contributed by atoms with E-state index in [4.69, 9.17) is 10.00 Å². The lowest BCUT2D eigenvalue weighted by Gasteiger charge is -2.07. The van der Waals surface area contributed by atoms with Crippen LogP contribution in [0.4, 0.5) is 5.69 Å².